The van der Waals surface area contributed by atoms with Gasteiger partial charge in [-0.05, 0) is 17.7 Å². The monoisotopic (exact) mass is 314 g/mol. The number of benzene rings is 1. The molecule has 18 heavy (non-hydrogen) atoms. The van der Waals surface area contributed by atoms with Crippen molar-refractivity contribution in [1.29, 1.82) is 0 Å². The van der Waals surface area contributed by atoms with Gasteiger partial charge in [-0.15, -0.1) is 0 Å². The number of aliphatic hydroxyl groups excluding tert-OH is 1. The van der Waals surface area contributed by atoms with Crippen molar-refractivity contribution in [3.05, 3.63) is 17.7 Å². The molecule has 102 valence electrons. The molecule has 1 aromatic carbocycles. The van der Waals surface area contributed by atoms with Gasteiger partial charge in [0.15, 0.2) is 11.5 Å². The number of hydrogen-bond donors (Lipinski definition) is 1. The lowest BCUT2D eigenvalue weighted by molar-refractivity contribution is 0.181. The SMILES string of the molecule is COc1cc([C@H](O)C(Cl)(Cl)Cl)cc(OC)c1OC. The summed E-state index contributed by atoms with van der Waals surface area (Å²) in [7, 11) is 4.40. The van der Waals surface area contributed by atoms with Gasteiger partial charge in [0.1, 0.15) is 6.10 Å². The Morgan fingerprint density at radius 1 is 1.00 bits per heavy atom. The molecule has 0 aliphatic carbocycles. The summed E-state index contributed by atoms with van der Waals surface area (Å²) < 4.78 is 13.6. The van der Waals surface area contributed by atoms with Crippen LogP contribution in [0.25, 0.3) is 0 Å². The molecule has 0 saturated carbocycles. The summed E-state index contributed by atoms with van der Waals surface area (Å²) in [6, 6.07) is 3.04. The molecule has 0 bridgehead atoms. The summed E-state index contributed by atoms with van der Waals surface area (Å²) in [5.74, 6) is 1.15. The molecule has 7 heteroatoms. The van der Waals surface area contributed by atoms with Crippen molar-refractivity contribution in [2.45, 2.75) is 9.90 Å². The van der Waals surface area contributed by atoms with E-state index in [2.05, 4.69) is 0 Å². The zero-order valence-corrected chi connectivity index (χ0v) is 12.3. The van der Waals surface area contributed by atoms with Crippen LogP contribution < -0.4 is 14.2 Å². The molecule has 0 amide bonds. The summed E-state index contributed by atoms with van der Waals surface area (Å²) in [5.41, 5.74) is 0.351. The van der Waals surface area contributed by atoms with Crippen LogP contribution in [0.15, 0.2) is 12.1 Å². The summed E-state index contributed by atoms with van der Waals surface area (Å²) in [4.78, 5) is 0. The second-order valence-corrected chi connectivity index (χ2v) is 5.77. The normalized spacial score (nSPS) is 13.1. The van der Waals surface area contributed by atoms with E-state index < -0.39 is 9.90 Å². The van der Waals surface area contributed by atoms with Crippen LogP contribution in [-0.4, -0.2) is 30.2 Å². The predicted molar refractivity (Wildman–Crippen MR) is 71.3 cm³/mol. The van der Waals surface area contributed by atoms with E-state index in [1.165, 1.54) is 33.5 Å². The van der Waals surface area contributed by atoms with Crippen LogP contribution in [0, 0.1) is 0 Å². The minimum absolute atomic E-state index is 0.351. The average Bonchev–Trinajstić information content (AvgIpc) is 2.34. The molecule has 0 fully saturated rings. The Morgan fingerprint density at radius 3 is 1.72 bits per heavy atom. The standard InChI is InChI=1S/C11H13Cl3O4/c1-16-7-4-6(10(15)11(12,13)14)5-8(17-2)9(7)18-3/h4-5,10,15H,1-3H3/t10-/m0/s1. The van der Waals surface area contributed by atoms with Crippen LogP contribution in [0.5, 0.6) is 17.2 Å². The Kier molecular flexibility index (Phi) is 5.22. The number of ether oxygens (including phenoxy) is 3. The molecule has 0 heterocycles. The van der Waals surface area contributed by atoms with Crippen LogP contribution in [0.3, 0.4) is 0 Å². The van der Waals surface area contributed by atoms with Gasteiger partial charge in [-0.2, -0.15) is 0 Å². The second kappa shape index (κ2) is 6.06. The van der Waals surface area contributed by atoms with Gasteiger partial charge >= 0.3 is 0 Å². The lowest BCUT2D eigenvalue weighted by Gasteiger charge is -2.21. The van der Waals surface area contributed by atoms with Crippen LogP contribution in [0.4, 0.5) is 0 Å². The van der Waals surface area contributed by atoms with Crippen molar-refractivity contribution >= 4 is 34.8 Å². The Morgan fingerprint density at radius 2 is 1.44 bits per heavy atom. The van der Waals surface area contributed by atoms with Crippen molar-refractivity contribution in [2.75, 3.05) is 21.3 Å². The van der Waals surface area contributed by atoms with Gasteiger partial charge in [0.05, 0.1) is 21.3 Å². The van der Waals surface area contributed by atoms with E-state index in [9.17, 15) is 5.11 Å². The maximum absolute atomic E-state index is 9.91. The Hall–Kier alpha value is -0.550. The minimum atomic E-state index is -1.84. The Bertz CT molecular complexity index is 392. The maximum Gasteiger partial charge on any atom is 0.220 e. The lowest BCUT2D eigenvalue weighted by Crippen LogP contribution is -2.16. The van der Waals surface area contributed by atoms with Gasteiger partial charge in [0, 0.05) is 0 Å². The highest BCUT2D eigenvalue weighted by Gasteiger charge is 2.33. The molecule has 0 saturated heterocycles. The maximum atomic E-state index is 9.91. The van der Waals surface area contributed by atoms with E-state index >= 15 is 0 Å². The third-order valence-electron chi connectivity index (χ3n) is 2.31. The molecule has 0 unspecified atom stereocenters. The zero-order chi connectivity index (χ0) is 13.9. The molecule has 1 rings (SSSR count). The van der Waals surface area contributed by atoms with Gasteiger partial charge in [0.2, 0.25) is 9.54 Å². The van der Waals surface area contributed by atoms with Gasteiger partial charge in [-0.25, -0.2) is 0 Å². The third kappa shape index (κ3) is 3.26. The summed E-state index contributed by atoms with van der Waals surface area (Å²) in [5, 5.41) is 9.91. The fraction of sp³-hybridized carbons (Fsp3) is 0.455. The fourth-order valence-corrected chi connectivity index (χ4v) is 1.83. The highest BCUT2D eigenvalue weighted by molar-refractivity contribution is 6.68. The molecule has 0 aliphatic heterocycles. The number of methoxy groups -OCH3 is 3. The van der Waals surface area contributed by atoms with Crippen LogP contribution in [0.1, 0.15) is 11.7 Å². The van der Waals surface area contributed by atoms with E-state index in [0.29, 0.717) is 22.8 Å². The molecule has 4 nitrogen and oxygen atoms in total. The van der Waals surface area contributed by atoms with Crippen LogP contribution in [-0.2, 0) is 0 Å². The number of rotatable bonds is 4. The first-order valence-electron chi connectivity index (χ1n) is 4.89. The van der Waals surface area contributed by atoms with Crippen LogP contribution in [0.2, 0.25) is 0 Å². The zero-order valence-electron chi connectivity index (χ0n) is 10.0. The highest BCUT2D eigenvalue weighted by Crippen LogP contribution is 2.45. The van der Waals surface area contributed by atoms with Crippen molar-refractivity contribution in [1.82, 2.24) is 0 Å². The first kappa shape index (κ1) is 15.5. The first-order chi connectivity index (χ1) is 8.35. The van der Waals surface area contributed by atoms with Crippen molar-refractivity contribution in [3.8, 4) is 17.2 Å². The van der Waals surface area contributed by atoms with E-state index in [1.807, 2.05) is 0 Å². The molecular weight excluding hydrogens is 302 g/mol. The summed E-state index contributed by atoms with van der Waals surface area (Å²) in [6.07, 6.45) is -1.31. The fourth-order valence-electron chi connectivity index (χ4n) is 1.45. The van der Waals surface area contributed by atoms with E-state index in [4.69, 9.17) is 49.0 Å². The van der Waals surface area contributed by atoms with Crippen molar-refractivity contribution < 1.29 is 19.3 Å². The average molecular weight is 316 g/mol. The number of aliphatic hydroxyl groups is 1. The molecule has 0 aliphatic rings. The Labute approximate surface area is 120 Å². The highest BCUT2D eigenvalue weighted by atomic mass is 35.6. The third-order valence-corrected chi connectivity index (χ3v) is 2.93. The van der Waals surface area contributed by atoms with E-state index in [-0.39, 0.29) is 0 Å². The molecule has 1 aromatic rings. The first-order valence-corrected chi connectivity index (χ1v) is 6.03. The minimum Gasteiger partial charge on any atom is -0.493 e. The number of alkyl halides is 3. The van der Waals surface area contributed by atoms with Crippen molar-refractivity contribution in [2.24, 2.45) is 0 Å². The molecule has 0 aromatic heterocycles. The van der Waals surface area contributed by atoms with Crippen molar-refractivity contribution in [3.63, 3.8) is 0 Å². The van der Waals surface area contributed by atoms with Gasteiger partial charge in [-0.3, -0.25) is 0 Å². The van der Waals surface area contributed by atoms with Gasteiger partial charge in [0.25, 0.3) is 0 Å². The van der Waals surface area contributed by atoms with Gasteiger partial charge < -0.3 is 19.3 Å². The molecule has 1 atom stereocenters. The predicted octanol–water partition coefficient (Wildman–Crippen LogP) is 3.12. The Balaban J connectivity index is 3.32. The quantitative estimate of drug-likeness (QED) is 0.867. The van der Waals surface area contributed by atoms with E-state index in [0.717, 1.165) is 0 Å². The smallest absolute Gasteiger partial charge is 0.220 e. The number of hydrogen-bond acceptors (Lipinski definition) is 4. The lowest BCUT2D eigenvalue weighted by atomic mass is 10.1. The molecule has 1 N–H and O–H groups in total. The molecular formula is C11H13Cl3O4. The molecule has 0 radical (unpaired) electrons. The number of halogens is 3. The summed E-state index contributed by atoms with van der Waals surface area (Å²) in [6.45, 7) is 0. The second-order valence-electron chi connectivity index (χ2n) is 3.40. The van der Waals surface area contributed by atoms with Gasteiger partial charge in [-0.1, -0.05) is 34.8 Å². The molecule has 0 spiro atoms. The van der Waals surface area contributed by atoms with Crippen LogP contribution >= 0.6 is 34.8 Å². The van der Waals surface area contributed by atoms with E-state index in [1.54, 1.807) is 0 Å². The largest absolute Gasteiger partial charge is 0.493 e. The summed E-state index contributed by atoms with van der Waals surface area (Å²) >= 11 is 17.0. The topological polar surface area (TPSA) is 47.9 Å².